The first-order valence-corrected chi connectivity index (χ1v) is 7.04. The van der Waals surface area contributed by atoms with Crippen molar-refractivity contribution in [1.29, 1.82) is 0 Å². The topological polar surface area (TPSA) is 24.1 Å². The highest BCUT2D eigenvalue weighted by molar-refractivity contribution is 5.65. The van der Waals surface area contributed by atoms with Gasteiger partial charge in [-0.1, -0.05) is 42.5 Å². The molecule has 0 saturated carbocycles. The summed E-state index contributed by atoms with van der Waals surface area (Å²) < 4.78 is 0. The van der Waals surface area contributed by atoms with Crippen molar-refractivity contribution in [2.24, 2.45) is 0 Å². The zero-order chi connectivity index (χ0) is 12.9. The zero-order valence-electron chi connectivity index (χ0n) is 11.1. The van der Waals surface area contributed by atoms with E-state index in [1.807, 2.05) is 0 Å². The summed E-state index contributed by atoms with van der Waals surface area (Å²) in [5, 5.41) is 7.03. The van der Waals surface area contributed by atoms with Crippen molar-refractivity contribution >= 4 is 5.69 Å². The summed E-state index contributed by atoms with van der Waals surface area (Å²) in [6.07, 6.45) is 2.52. The maximum absolute atomic E-state index is 3.60. The lowest BCUT2D eigenvalue weighted by Gasteiger charge is -2.24. The minimum Gasteiger partial charge on any atom is -0.381 e. The molecular weight excluding hydrogens is 232 g/mol. The van der Waals surface area contributed by atoms with Crippen LogP contribution in [-0.2, 0) is 0 Å². The quantitative estimate of drug-likeness (QED) is 0.873. The van der Waals surface area contributed by atoms with Gasteiger partial charge in [-0.15, -0.1) is 0 Å². The van der Waals surface area contributed by atoms with Crippen LogP contribution in [0.3, 0.4) is 0 Å². The third-order valence-electron chi connectivity index (χ3n) is 3.66. The highest BCUT2D eigenvalue weighted by Gasteiger charge is 2.11. The molecule has 1 saturated heterocycles. The van der Waals surface area contributed by atoms with Crippen molar-refractivity contribution in [3.63, 3.8) is 0 Å². The van der Waals surface area contributed by atoms with E-state index in [4.69, 9.17) is 0 Å². The number of hydrogen-bond acceptors (Lipinski definition) is 2. The smallest absolute Gasteiger partial charge is 0.0386 e. The fourth-order valence-corrected chi connectivity index (χ4v) is 2.60. The Morgan fingerprint density at radius 1 is 0.895 bits per heavy atom. The predicted molar refractivity (Wildman–Crippen MR) is 81.4 cm³/mol. The molecule has 0 aliphatic carbocycles. The molecule has 19 heavy (non-hydrogen) atoms. The third-order valence-corrected chi connectivity index (χ3v) is 3.66. The first-order chi connectivity index (χ1) is 9.42. The van der Waals surface area contributed by atoms with Gasteiger partial charge in [0, 0.05) is 18.3 Å². The van der Waals surface area contributed by atoms with Gasteiger partial charge in [0.25, 0.3) is 0 Å². The Hall–Kier alpha value is -1.80. The molecule has 0 bridgehead atoms. The van der Waals surface area contributed by atoms with E-state index in [9.17, 15) is 0 Å². The van der Waals surface area contributed by atoms with Gasteiger partial charge in [-0.3, -0.25) is 0 Å². The molecule has 2 nitrogen and oxygen atoms in total. The Morgan fingerprint density at radius 2 is 1.63 bits per heavy atom. The Labute approximate surface area is 114 Å². The number of nitrogens with one attached hydrogen (secondary N) is 2. The van der Waals surface area contributed by atoms with Gasteiger partial charge in [-0.2, -0.15) is 0 Å². The predicted octanol–water partition coefficient (Wildman–Crippen LogP) is 3.52. The summed E-state index contributed by atoms with van der Waals surface area (Å²) in [7, 11) is 0. The Balaban J connectivity index is 1.68. The molecule has 0 spiro atoms. The second-order valence-corrected chi connectivity index (χ2v) is 5.13. The standard InChI is InChI=1S/C17H20N2/c1-2-5-14(6-3-1)15-8-10-16(11-9-15)19-17-7-4-12-18-13-17/h1-3,5-6,8-11,17-19H,4,7,12-13H2. The van der Waals surface area contributed by atoms with E-state index in [2.05, 4.69) is 65.2 Å². The number of piperidine rings is 1. The molecule has 98 valence electrons. The molecule has 1 unspecified atom stereocenters. The monoisotopic (exact) mass is 252 g/mol. The van der Waals surface area contributed by atoms with Crippen LogP contribution in [0, 0.1) is 0 Å². The van der Waals surface area contributed by atoms with Crippen LogP contribution in [0.5, 0.6) is 0 Å². The van der Waals surface area contributed by atoms with Crippen LogP contribution in [0.15, 0.2) is 54.6 Å². The molecule has 0 amide bonds. The zero-order valence-corrected chi connectivity index (χ0v) is 11.1. The number of hydrogen-bond donors (Lipinski definition) is 2. The molecule has 2 heteroatoms. The fourth-order valence-electron chi connectivity index (χ4n) is 2.60. The molecule has 0 aromatic heterocycles. The van der Waals surface area contributed by atoms with Crippen molar-refractivity contribution in [2.75, 3.05) is 18.4 Å². The van der Waals surface area contributed by atoms with E-state index in [-0.39, 0.29) is 0 Å². The van der Waals surface area contributed by atoms with Crippen LogP contribution in [0.2, 0.25) is 0 Å². The van der Waals surface area contributed by atoms with E-state index < -0.39 is 0 Å². The molecule has 2 aromatic rings. The summed E-state index contributed by atoms with van der Waals surface area (Å²) in [5.74, 6) is 0. The van der Waals surface area contributed by atoms with E-state index in [1.54, 1.807) is 0 Å². The lowest BCUT2D eigenvalue weighted by Crippen LogP contribution is -2.38. The SMILES string of the molecule is c1ccc(-c2ccc(NC3CCCNC3)cc2)cc1. The van der Waals surface area contributed by atoms with Gasteiger partial charge < -0.3 is 10.6 Å². The van der Waals surface area contributed by atoms with Crippen LogP contribution in [0.1, 0.15) is 12.8 Å². The van der Waals surface area contributed by atoms with Crippen molar-refractivity contribution < 1.29 is 0 Å². The van der Waals surface area contributed by atoms with Gasteiger partial charge in [-0.25, -0.2) is 0 Å². The van der Waals surface area contributed by atoms with Crippen LogP contribution in [-0.4, -0.2) is 19.1 Å². The summed E-state index contributed by atoms with van der Waals surface area (Å²) in [5.41, 5.74) is 3.76. The molecule has 1 heterocycles. The summed E-state index contributed by atoms with van der Waals surface area (Å²) >= 11 is 0. The summed E-state index contributed by atoms with van der Waals surface area (Å²) in [6.45, 7) is 2.23. The maximum atomic E-state index is 3.60. The number of rotatable bonds is 3. The van der Waals surface area contributed by atoms with E-state index >= 15 is 0 Å². The van der Waals surface area contributed by atoms with Gasteiger partial charge in [0.05, 0.1) is 0 Å². The Morgan fingerprint density at radius 3 is 2.32 bits per heavy atom. The lowest BCUT2D eigenvalue weighted by molar-refractivity contribution is 0.480. The fraction of sp³-hybridized carbons (Fsp3) is 0.294. The van der Waals surface area contributed by atoms with Crippen LogP contribution in [0.25, 0.3) is 11.1 Å². The van der Waals surface area contributed by atoms with Crippen LogP contribution >= 0.6 is 0 Å². The largest absolute Gasteiger partial charge is 0.381 e. The third kappa shape index (κ3) is 3.15. The highest BCUT2D eigenvalue weighted by Crippen LogP contribution is 2.21. The first kappa shape index (κ1) is 12.2. The number of anilines is 1. The molecule has 0 radical (unpaired) electrons. The normalized spacial score (nSPS) is 19.1. The minimum atomic E-state index is 0.566. The second-order valence-electron chi connectivity index (χ2n) is 5.13. The molecule has 1 atom stereocenters. The number of benzene rings is 2. The molecule has 2 N–H and O–H groups in total. The lowest BCUT2D eigenvalue weighted by atomic mass is 10.0. The van der Waals surface area contributed by atoms with Gasteiger partial charge in [0.1, 0.15) is 0 Å². The summed E-state index contributed by atoms with van der Waals surface area (Å²) in [4.78, 5) is 0. The van der Waals surface area contributed by atoms with Gasteiger partial charge in [0.15, 0.2) is 0 Å². The molecule has 3 rings (SSSR count). The summed E-state index contributed by atoms with van der Waals surface area (Å²) in [6, 6.07) is 19.8. The van der Waals surface area contributed by atoms with E-state index in [0.29, 0.717) is 6.04 Å². The van der Waals surface area contributed by atoms with E-state index in [0.717, 1.165) is 13.1 Å². The van der Waals surface area contributed by atoms with Crippen molar-refractivity contribution in [2.45, 2.75) is 18.9 Å². The highest BCUT2D eigenvalue weighted by atomic mass is 15.0. The average molecular weight is 252 g/mol. The second kappa shape index (κ2) is 5.89. The minimum absolute atomic E-state index is 0.566. The van der Waals surface area contributed by atoms with Crippen LogP contribution in [0.4, 0.5) is 5.69 Å². The first-order valence-electron chi connectivity index (χ1n) is 7.04. The van der Waals surface area contributed by atoms with Gasteiger partial charge in [0.2, 0.25) is 0 Å². The van der Waals surface area contributed by atoms with Crippen molar-refractivity contribution in [3.05, 3.63) is 54.6 Å². The van der Waals surface area contributed by atoms with Gasteiger partial charge in [-0.05, 0) is 42.6 Å². The van der Waals surface area contributed by atoms with Crippen molar-refractivity contribution in [3.8, 4) is 11.1 Å². The maximum Gasteiger partial charge on any atom is 0.0386 e. The van der Waals surface area contributed by atoms with Crippen molar-refractivity contribution in [1.82, 2.24) is 5.32 Å². The average Bonchev–Trinajstić information content (AvgIpc) is 2.50. The van der Waals surface area contributed by atoms with Gasteiger partial charge >= 0.3 is 0 Å². The molecule has 2 aromatic carbocycles. The Bertz CT molecular complexity index is 499. The molecule has 1 fully saturated rings. The Kier molecular flexibility index (Phi) is 3.80. The molecular formula is C17H20N2. The molecule has 1 aliphatic heterocycles. The molecule has 1 aliphatic rings. The van der Waals surface area contributed by atoms with Crippen LogP contribution < -0.4 is 10.6 Å². The van der Waals surface area contributed by atoms with E-state index in [1.165, 1.54) is 29.7 Å².